The molecule has 2 aliphatic rings. The molecule has 0 bridgehead atoms. The number of hydrogen-bond donors (Lipinski definition) is 2. The van der Waals surface area contributed by atoms with E-state index in [1.54, 1.807) is 26.0 Å². The Balaban J connectivity index is 0.000000261. The van der Waals surface area contributed by atoms with E-state index in [4.69, 9.17) is 0 Å². The predicted octanol–water partition coefficient (Wildman–Crippen LogP) is 12.1. The van der Waals surface area contributed by atoms with Crippen LogP contribution in [0.4, 0.5) is 61.5 Å². The molecular formula is C50H54F14N4O2. The van der Waals surface area contributed by atoms with Crippen LogP contribution < -0.4 is 10.6 Å². The Morgan fingerprint density at radius 1 is 0.471 bits per heavy atom. The molecule has 2 N–H and O–H groups in total. The molecule has 0 aromatic heterocycles. The smallest absolute Gasteiger partial charge is 0.341 e. The molecule has 4 atom stereocenters. The average molecular weight is 1010 g/mol. The molecule has 6 rings (SSSR count). The molecule has 20 heteroatoms. The maximum Gasteiger partial charge on any atom is 0.416 e. The van der Waals surface area contributed by atoms with Gasteiger partial charge in [-0.2, -0.15) is 52.7 Å². The molecule has 0 unspecified atom stereocenters. The number of aryl methyl sites for hydroxylation is 2. The molecule has 4 aromatic rings. The van der Waals surface area contributed by atoms with E-state index in [0.29, 0.717) is 74.4 Å². The summed E-state index contributed by atoms with van der Waals surface area (Å²) in [6, 6.07) is 10.4. The number of benzene rings is 4. The summed E-state index contributed by atoms with van der Waals surface area (Å²) >= 11 is 0. The summed E-state index contributed by atoms with van der Waals surface area (Å²) in [6.07, 6.45) is -19.0. The standard InChI is InChI=1S/2C25H27F7N2O/c2*1-14-9-18(26)5-6-19(14)20-13-33-8-7-21(20)34(4)22(35)23(2,3)15-10-16(24(27,28)29)12-17(11-15)25(30,31)32/h2*5-6,9-12,20-21,33H,7-8,13H2,1-4H3/t2*20-,21-/m10/s1. The van der Waals surface area contributed by atoms with Crippen molar-refractivity contribution in [1.29, 1.82) is 0 Å². The lowest BCUT2D eigenvalue weighted by Crippen LogP contribution is -2.53. The third kappa shape index (κ3) is 12.4. The van der Waals surface area contributed by atoms with Crippen LogP contribution in [0.1, 0.15) is 108 Å². The van der Waals surface area contributed by atoms with Gasteiger partial charge < -0.3 is 20.4 Å². The lowest BCUT2D eigenvalue weighted by Gasteiger charge is -2.42. The van der Waals surface area contributed by atoms with Gasteiger partial charge in [-0.3, -0.25) is 9.59 Å². The summed E-state index contributed by atoms with van der Waals surface area (Å²) in [4.78, 5) is 30.0. The Bertz CT molecular complexity index is 2290. The highest BCUT2D eigenvalue weighted by Gasteiger charge is 2.45. The Morgan fingerprint density at radius 3 is 1.00 bits per heavy atom. The molecule has 2 amide bonds. The van der Waals surface area contributed by atoms with Gasteiger partial charge in [-0.15, -0.1) is 0 Å². The number of rotatable bonds is 8. The highest BCUT2D eigenvalue weighted by molar-refractivity contribution is 5.88. The number of likely N-dealkylation sites (N-methyl/N-ethyl adjacent to an activating group) is 2. The minimum absolute atomic E-state index is 0.0495. The fourth-order valence-electron chi connectivity index (χ4n) is 9.42. The van der Waals surface area contributed by atoms with E-state index in [-0.39, 0.29) is 47.2 Å². The lowest BCUT2D eigenvalue weighted by atomic mass is 9.79. The van der Waals surface area contributed by atoms with Crippen molar-refractivity contribution in [3.63, 3.8) is 0 Å². The molecule has 0 saturated carbocycles. The first-order valence-corrected chi connectivity index (χ1v) is 22.1. The zero-order chi connectivity index (χ0) is 52.7. The van der Waals surface area contributed by atoms with Crippen molar-refractivity contribution in [2.75, 3.05) is 40.3 Å². The van der Waals surface area contributed by atoms with Gasteiger partial charge in [0.2, 0.25) is 11.8 Å². The molecule has 2 aliphatic heterocycles. The summed E-state index contributed by atoms with van der Waals surface area (Å²) in [7, 11) is 3.01. The number of alkyl halides is 12. The molecule has 6 nitrogen and oxygen atoms in total. The first-order valence-electron chi connectivity index (χ1n) is 22.1. The van der Waals surface area contributed by atoms with E-state index in [0.717, 1.165) is 11.1 Å². The van der Waals surface area contributed by atoms with Gasteiger partial charge in [-0.05, 0) is 162 Å². The van der Waals surface area contributed by atoms with Crippen molar-refractivity contribution in [3.8, 4) is 0 Å². The zero-order valence-electron chi connectivity index (χ0n) is 39.5. The zero-order valence-corrected chi connectivity index (χ0v) is 39.5. The summed E-state index contributed by atoms with van der Waals surface area (Å²) in [5.41, 5.74) is -6.95. The lowest BCUT2D eigenvalue weighted by molar-refractivity contribution is -0.145. The fourth-order valence-corrected chi connectivity index (χ4v) is 9.42. The Labute approximate surface area is 396 Å². The molecule has 70 heavy (non-hydrogen) atoms. The topological polar surface area (TPSA) is 64.7 Å². The molecule has 2 fully saturated rings. The van der Waals surface area contributed by atoms with Crippen molar-refractivity contribution < 1.29 is 71.1 Å². The number of amides is 2. The van der Waals surface area contributed by atoms with Crippen LogP contribution in [0.15, 0.2) is 72.8 Å². The Kier molecular flexibility index (Phi) is 16.3. The predicted molar refractivity (Wildman–Crippen MR) is 235 cm³/mol. The molecule has 0 spiro atoms. The van der Waals surface area contributed by atoms with Crippen LogP contribution in [-0.2, 0) is 45.1 Å². The maximum atomic E-state index is 13.6. The van der Waals surface area contributed by atoms with Crippen molar-refractivity contribution >= 4 is 11.8 Å². The second kappa shape index (κ2) is 20.5. The van der Waals surface area contributed by atoms with E-state index in [2.05, 4.69) is 10.6 Å². The number of hydrogen-bond acceptors (Lipinski definition) is 4. The van der Waals surface area contributed by atoms with E-state index >= 15 is 0 Å². The van der Waals surface area contributed by atoms with Crippen LogP contribution in [0.2, 0.25) is 0 Å². The van der Waals surface area contributed by atoms with Crippen LogP contribution >= 0.6 is 0 Å². The van der Waals surface area contributed by atoms with Gasteiger partial charge >= 0.3 is 24.7 Å². The first kappa shape index (κ1) is 55.7. The fraction of sp³-hybridized carbons (Fsp3) is 0.480. The van der Waals surface area contributed by atoms with Crippen molar-refractivity contribution in [3.05, 3.63) is 140 Å². The Morgan fingerprint density at radius 2 is 0.743 bits per heavy atom. The molecule has 4 aromatic carbocycles. The van der Waals surface area contributed by atoms with Gasteiger partial charge in [0.15, 0.2) is 0 Å². The quantitative estimate of drug-likeness (QED) is 0.173. The molecule has 2 saturated heterocycles. The summed E-state index contributed by atoms with van der Waals surface area (Å²) in [5, 5.41) is 6.47. The van der Waals surface area contributed by atoms with Crippen molar-refractivity contribution in [1.82, 2.24) is 20.4 Å². The van der Waals surface area contributed by atoms with Gasteiger partial charge in [0.1, 0.15) is 11.6 Å². The maximum absolute atomic E-state index is 13.6. The van der Waals surface area contributed by atoms with Crippen LogP contribution in [0, 0.1) is 25.5 Å². The van der Waals surface area contributed by atoms with Gasteiger partial charge in [0, 0.05) is 51.1 Å². The second-order valence-corrected chi connectivity index (χ2v) is 19.0. The molecule has 0 aliphatic carbocycles. The molecular weight excluding hydrogens is 955 g/mol. The number of piperidine rings is 2. The van der Waals surface area contributed by atoms with Gasteiger partial charge in [0.05, 0.1) is 33.1 Å². The van der Waals surface area contributed by atoms with Crippen LogP contribution in [0.5, 0.6) is 0 Å². The van der Waals surface area contributed by atoms with Gasteiger partial charge in [-0.25, -0.2) is 8.78 Å². The Hall–Kier alpha value is -5.24. The number of halogens is 14. The van der Waals surface area contributed by atoms with Gasteiger partial charge in [0.25, 0.3) is 0 Å². The number of nitrogens with zero attached hydrogens (tertiary/aromatic N) is 2. The molecule has 384 valence electrons. The summed E-state index contributed by atoms with van der Waals surface area (Å²) in [5.74, 6) is -2.49. The minimum Gasteiger partial charge on any atom is -0.341 e. The van der Waals surface area contributed by atoms with E-state index in [1.165, 1.54) is 75.9 Å². The number of nitrogens with one attached hydrogen (secondary N) is 2. The third-order valence-electron chi connectivity index (χ3n) is 13.5. The first-order chi connectivity index (χ1) is 32.1. The highest BCUT2D eigenvalue weighted by atomic mass is 19.4. The number of carbonyl (C=O) groups excluding carboxylic acids is 2. The largest absolute Gasteiger partial charge is 0.416 e. The normalized spacial score (nSPS) is 19.5. The van der Waals surface area contributed by atoms with Crippen molar-refractivity contribution in [2.45, 2.75) is 114 Å². The summed E-state index contributed by atoms with van der Waals surface area (Å²) < 4.78 is 188. The average Bonchev–Trinajstić information content (AvgIpc) is 3.26. The van der Waals surface area contributed by atoms with E-state index < -0.39 is 81.2 Å². The number of carbonyl (C=O) groups is 2. The van der Waals surface area contributed by atoms with E-state index in [9.17, 15) is 71.1 Å². The van der Waals surface area contributed by atoms with Crippen molar-refractivity contribution in [2.24, 2.45) is 0 Å². The monoisotopic (exact) mass is 1010 g/mol. The SMILES string of the molecule is Cc1cc(F)ccc1[C@@H]1CNCC[C@@H]1N(C)C(=O)C(C)(C)c1cc(C(F)(F)F)cc(C(F)(F)F)c1.Cc1cc(F)ccc1[C@H]1CNCC[C@H]1N(C)C(=O)C(C)(C)c1cc(C(F)(F)F)cc(C(F)(F)F)c1. The summed E-state index contributed by atoms with van der Waals surface area (Å²) in [6.45, 7) is 10.9. The second-order valence-electron chi connectivity index (χ2n) is 19.0. The van der Waals surface area contributed by atoms with Crippen LogP contribution in [0.25, 0.3) is 0 Å². The van der Waals surface area contributed by atoms with E-state index in [1.807, 2.05) is 0 Å². The van der Waals surface area contributed by atoms with Crippen LogP contribution in [0.3, 0.4) is 0 Å². The van der Waals surface area contributed by atoms with Gasteiger partial charge in [-0.1, -0.05) is 12.1 Å². The van der Waals surface area contributed by atoms with Crippen LogP contribution in [-0.4, -0.2) is 74.0 Å². The minimum atomic E-state index is -5.01. The molecule has 0 radical (unpaired) electrons. The third-order valence-corrected chi connectivity index (χ3v) is 13.5. The highest BCUT2D eigenvalue weighted by Crippen LogP contribution is 2.43. The molecule has 2 heterocycles.